The lowest BCUT2D eigenvalue weighted by molar-refractivity contribution is 0.0950. The van der Waals surface area contributed by atoms with E-state index in [0.717, 1.165) is 43.3 Å². The summed E-state index contributed by atoms with van der Waals surface area (Å²) in [5.74, 6) is 0.842. The zero-order valence-corrected chi connectivity index (χ0v) is 13.5. The third kappa shape index (κ3) is 3.50. The average Bonchev–Trinajstić information content (AvgIpc) is 3.00. The first-order valence-corrected chi connectivity index (χ1v) is 7.80. The number of piperazine rings is 1. The number of aryl methyl sites for hydroxylation is 1. The summed E-state index contributed by atoms with van der Waals surface area (Å²) in [6.07, 6.45) is 3.36. The number of hydrogen-bond donors (Lipinski definition) is 2. The minimum Gasteiger partial charge on any atom is -0.354 e. The Kier molecular flexibility index (Phi) is 4.57. The fourth-order valence-electron chi connectivity index (χ4n) is 2.72. The number of likely N-dealkylation sites (N-methyl/N-ethyl adjacent to an activating group) is 1. The van der Waals surface area contributed by atoms with E-state index in [1.54, 1.807) is 12.4 Å². The molecule has 0 radical (unpaired) electrons. The van der Waals surface area contributed by atoms with Gasteiger partial charge in [-0.3, -0.25) is 9.89 Å². The summed E-state index contributed by atoms with van der Waals surface area (Å²) in [7, 11) is 2.13. The van der Waals surface area contributed by atoms with Crippen LogP contribution in [-0.4, -0.2) is 59.2 Å². The molecule has 7 heteroatoms. The van der Waals surface area contributed by atoms with Crippen LogP contribution >= 0.6 is 0 Å². The second kappa shape index (κ2) is 6.78. The van der Waals surface area contributed by atoms with Crippen molar-refractivity contribution in [1.29, 1.82) is 0 Å². The molecule has 122 valence electrons. The van der Waals surface area contributed by atoms with Crippen molar-refractivity contribution >= 4 is 11.7 Å². The van der Waals surface area contributed by atoms with E-state index < -0.39 is 0 Å². The molecule has 1 amide bonds. The van der Waals surface area contributed by atoms with Gasteiger partial charge in [0.15, 0.2) is 0 Å². The van der Waals surface area contributed by atoms with Gasteiger partial charge in [-0.1, -0.05) is 6.07 Å². The number of pyridine rings is 1. The van der Waals surface area contributed by atoms with E-state index >= 15 is 0 Å². The molecule has 1 saturated heterocycles. The van der Waals surface area contributed by atoms with Gasteiger partial charge in [0, 0.05) is 50.2 Å². The number of nitrogens with zero attached hydrogens (tertiary/aromatic N) is 4. The van der Waals surface area contributed by atoms with E-state index in [1.807, 2.05) is 19.1 Å². The zero-order valence-electron chi connectivity index (χ0n) is 13.5. The number of carbonyl (C=O) groups excluding carboxylic acids is 1. The molecule has 3 rings (SSSR count). The Morgan fingerprint density at radius 2 is 2.13 bits per heavy atom. The maximum atomic E-state index is 12.2. The van der Waals surface area contributed by atoms with Crippen molar-refractivity contribution in [1.82, 2.24) is 25.4 Å². The molecule has 1 aliphatic rings. The van der Waals surface area contributed by atoms with Gasteiger partial charge >= 0.3 is 0 Å². The van der Waals surface area contributed by atoms with Crippen LogP contribution < -0.4 is 10.2 Å². The number of amides is 1. The van der Waals surface area contributed by atoms with Crippen molar-refractivity contribution in [2.75, 3.05) is 38.1 Å². The third-order valence-corrected chi connectivity index (χ3v) is 4.18. The summed E-state index contributed by atoms with van der Waals surface area (Å²) >= 11 is 0. The normalized spacial score (nSPS) is 15.7. The van der Waals surface area contributed by atoms with Crippen LogP contribution in [0.2, 0.25) is 0 Å². The van der Waals surface area contributed by atoms with Gasteiger partial charge in [-0.25, -0.2) is 4.98 Å². The first-order chi connectivity index (χ1) is 11.1. The van der Waals surface area contributed by atoms with Crippen LogP contribution in [0.5, 0.6) is 0 Å². The predicted octanol–water partition coefficient (Wildman–Crippen LogP) is 0.795. The van der Waals surface area contributed by atoms with Crippen molar-refractivity contribution < 1.29 is 4.79 Å². The summed E-state index contributed by atoms with van der Waals surface area (Å²) in [4.78, 5) is 21.3. The second-order valence-electron chi connectivity index (χ2n) is 5.87. The Bertz CT molecular complexity index is 675. The number of anilines is 1. The fraction of sp³-hybridized carbons (Fsp3) is 0.438. The summed E-state index contributed by atoms with van der Waals surface area (Å²) < 4.78 is 0. The summed E-state index contributed by atoms with van der Waals surface area (Å²) in [5.41, 5.74) is 2.38. The molecule has 0 saturated carbocycles. The van der Waals surface area contributed by atoms with E-state index in [9.17, 15) is 4.79 Å². The molecule has 23 heavy (non-hydrogen) atoms. The third-order valence-electron chi connectivity index (χ3n) is 4.18. The van der Waals surface area contributed by atoms with Crippen molar-refractivity contribution in [2.24, 2.45) is 0 Å². The summed E-state index contributed by atoms with van der Waals surface area (Å²) in [6, 6.07) is 3.92. The highest BCUT2D eigenvalue weighted by molar-refractivity contribution is 5.94. The molecular weight excluding hydrogens is 292 g/mol. The number of nitrogens with one attached hydrogen (secondary N) is 2. The molecule has 0 bridgehead atoms. The Morgan fingerprint density at radius 1 is 1.35 bits per heavy atom. The van der Waals surface area contributed by atoms with E-state index in [4.69, 9.17) is 0 Å². The molecule has 2 aromatic rings. The van der Waals surface area contributed by atoms with E-state index in [1.165, 1.54) is 0 Å². The predicted molar refractivity (Wildman–Crippen MR) is 88.4 cm³/mol. The van der Waals surface area contributed by atoms with Crippen LogP contribution in [0.3, 0.4) is 0 Å². The van der Waals surface area contributed by atoms with E-state index in [-0.39, 0.29) is 5.91 Å². The van der Waals surface area contributed by atoms with Gasteiger partial charge < -0.3 is 15.1 Å². The second-order valence-corrected chi connectivity index (χ2v) is 5.87. The topological polar surface area (TPSA) is 77.1 Å². The molecule has 0 spiro atoms. The van der Waals surface area contributed by atoms with Crippen molar-refractivity contribution in [3.05, 3.63) is 41.3 Å². The molecule has 0 aromatic carbocycles. The van der Waals surface area contributed by atoms with E-state index in [0.29, 0.717) is 12.1 Å². The monoisotopic (exact) mass is 314 g/mol. The molecular formula is C16H22N6O. The number of H-pyrrole nitrogens is 1. The van der Waals surface area contributed by atoms with E-state index in [2.05, 4.69) is 37.3 Å². The van der Waals surface area contributed by atoms with Gasteiger partial charge in [-0.15, -0.1) is 0 Å². The molecule has 7 nitrogen and oxygen atoms in total. The average molecular weight is 314 g/mol. The molecule has 3 heterocycles. The molecule has 0 atom stereocenters. The fourth-order valence-corrected chi connectivity index (χ4v) is 2.72. The van der Waals surface area contributed by atoms with Crippen LogP contribution in [0.4, 0.5) is 5.82 Å². The Labute approximate surface area is 135 Å². The minimum atomic E-state index is -0.121. The van der Waals surface area contributed by atoms with Crippen LogP contribution in [-0.2, 0) is 6.54 Å². The van der Waals surface area contributed by atoms with Gasteiger partial charge in [-0.05, 0) is 20.0 Å². The molecule has 2 N–H and O–H groups in total. The lowest BCUT2D eigenvalue weighted by atomic mass is 10.2. The Morgan fingerprint density at radius 3 is 2.83 bits per heavy atom. The van der Waals surface area contributed by atoms with Crippen LogP contribution in [0.1, 0.15) is 21.6 Å². The first-order valence-electron chi connectivity index (χ1n) is 7.80. The minimum absolute atomic E-state index is 0.121. The number of hydrogen-bond acceptors (Lipinski definition) is 5. The lowest BCUT2D eigenvalue weighted by Crippen LogP contribution is -2.45. The Hall–Kier alpha value is -2.41. The highest BCUT2D eigenvalue weighted by atomic mass is 16.1. The van der Waals surface area contributed by atoms with Gasteiger partial charge in [0.2, 0.25) is 0 Å². The number of aromatic amines is 1. The number of carbonyl (C=O) groups is 1. The SMILES string of the molecule is Cc1[nH]ncc1C(=O)NCc1cccnc1N1CCN(C)CC1. The van der Waals surface area contributed by atoms with Gasteiger partial charge in [0.25, 0.3) is 5.91 Å². The Balaban J connectivity index is 1.69. The maximum Gasteiger partial charge on any atom is 0.255 e. The smallest absolute Gasteiger partial charge is 0.255 e. The van der Waals surface area contributed by atoms with Crippen LogP contribution in [0, 0.1) is 6.92 Å². The molecule has 1 aliphatic heterocycles. The summed E-state index contributed by atoms with van der Waals surface area (Å²) in [5, 5.41) is 9.62. The summed E-state index contributed by atoms with van der Waals surface area (Å²) in [6.45, 7) is 6.25. The highest BCUT2D eigenvalue weighted by Gasteiger charge is 2.18. The molecule has 0 unspecified atom stereocenters. The number of aromatic nitrogens is 3. The van der Waals surface area contributed by atoms with Crippen LogP contribution in [0.15, 0.2) is 24.5 Å². The first kappa shape index (κ1) is 15.5. The zero-order chi connectivity index (χ0) is 16.2. The largest absolute Gasteiger partial charge is 0.354 e. The molecule has 2 aromatic heterocycles. The number of rotatable bonds is 4. The molecule has 0 aliphatic carbocycles. The van der Waals surface area contributed by atoms with Crippen molar-refractivity contribution in [3.8, 4) is 0 Å². The molecule has 1 fully saturated rings. The lowest BCUT2D eigenvalue weighted by Gasteiger charge is -2.34. The standard InChI is InChI=1S/C16H22N6O/c1-12-14(11-19-20-12)16(23)18-10-13-4-3-5-17-15(13)22-8-6-21(2)7-9-22/h3-5,11H,6-10H2,1-2H3,(H,18,23)(H,19,20). The van der Waals surface area contributed by atoms with Crippen molar-refractivity contribution in [2.45, 2.75) is 13.5 Å². The van der Waals surface area contributed by atoms with Gasteiger partial charge in [0.1, 0.15) is 5.82 Å². The van der Waals surface area contributed by atoms with Crippen molar-refractivity contribution in [3.63, 3.8) is 0 Å². The van der Waals surface area contributed by atoms with Gasteiger partial charge in [0.05, 0.1) is 11.8 Å². The van der Waals surface area contributed by atoms with Gasteiger partial charge in [-0.2, -0.15) is 5.10 Å². The maximum absolute atomic E-state index is 12.2. The highest BCUT2D eigenvalue weighted by Crippen LogP contribution is 2.18. The van der Waals surface area contributed by atoms with Crippen LogP contribution in [0.25, 0.3) is 0 Å². The quantitative estimate of drug-likeness (QED) is 0.873.